The van der Waals surface area contributed by atoms with Crippen molar-refractivity contribution < 1.29 is 18.7 Å². The predicted octanol–water partition coefficient (Wildman–Crippen LogP) is 3.90. The van der Waals surface area contributed by atoms with Gasteiger partial charge in [0.2, 0.25) is 5.91 Å². The van der Waals surface area contributed by atoms with E-state index in [1.165, 1.54) is 31.2 Å². The number of benzene rings is 2. The molecule has 28 heavy (non-hydrogen) atoms. The molecule has 1 aliphatic heterocycles. The van der Waals surface area contributed by atoms with Crippen molar-refractivity contribution >= 4 is 17.4 Å². The Morgan fingerprint density at radius 3 is 2.68 bits per heavy atom. The van der Waals surface area contributed by atoms with Gasteiger partial charge in [-0.3, -0.25) is 14.5 Å². The van der Waals surface area contributed by atoms with Crippen molar-refractivity contribution in [2.24, 2.45) is 0 Å². The van der Waals surface area contributed by atoms with Crippen LogP contribution in [0.3, 0.4) is 0 Å². The van der Waals surface area contributed by atoms with Crippen molar-refractivity contribution in [3.8, 4) is 5.75 Å². The van der Waals surface area contributed by atoms with Crippen LogP contribution >= 0.6 is 0 Å². The SMILES string of the molecule is CC(=O)Nc1ccccc1O[C@@H]1CCN(CCCC(=O)c2ccc(F)cc2)C1. The molecule has 148 valence electrons. The normalized spacial score (nSPS) is 16.7. The fourth-order valence-corrected chi connectivity index (χ4v) is 3.38. The number of ether oxygens (including phenoxy) is 1. The Kier molecular flexibility index (Phi) is 6.76. The highest BCUT2D eigenvalue weighted by Crippen LogP contribution is 2.27. The lowest BCUT2D eigenvalue weighted by atomic mass is 10.1. The zero-order valence-electron chi connectivity index (χ0n) is 16.0. The predicted molar refractivity (Wildman–Crippen MR) is 106 cm³/mol. The first-order valence-corrected chi connectivity index (χ1v) is 9.55. The summed E-state index contributed by atoms with van der Waals surface area (Å²) < 4.78 is 19.0. The maximum Gasteiger partial charge on any atom is 0.221 e. The molecule has 6 heteroatoms. The third kappa shape index (κ3) is 5.63. The highest BCUT2D eigenvalue weighted by atomic mass is 19.1. The number of rotatable bonds is 8. The molecule has 5 nitrogen and oxygen atoms in total. The van der Waals surface area contributed by atoms with Crippen LogP contribution in [0.2, 0.25) is 0 Å². The lowest BCUT2D eigenvalue weighted by Crippen LogP contribution is -2.26. The fraction of sp³-hybridized carbons (Fsp3) is 0.364. The molecule has 1 N–H and O–H groups in total. The first-order chi connectivity index (χ1) is 13.5. The van der Waals surface area contributed by atoms with E-state index in [0.717, 1.165) is 32.5 Å². The number of anilines is 1. The van der Waals surface area contributed by atoms with E-state index in [1.807, 2.05) is 24.3 Å². The molecular weight excluding hydrogens is 359 g/mol. The molecule has 0 unspecified atom stereocenters. The van der Waals surface area contributed by atoms with Gasteiger partial charge in [0.1, 0.15) is 17.7 Å². The molecule has 2 aromatic carbocycles. The Bertz CT molecular complexity index is 823. The average molecular weight is 384 g/mol. The van der Waals surface area contributed by atoms with Crippen molar-refractivity contribution in [3.05, 3.63) is 59.9 Å². The molecule has 0 saturated carbocycles. The lowest BCUT2D eigenvalue weighted by molar-refractivity contribution is -0.114. The Hall–Kier alpha value is -2.73. The van der Waals surface area contributed by atoms with Crippen molar-refractivity contribution in [1.82, 2.24) is 4.90 Å². The Morgan fingerprint density at radius 2 is 1.93 bits per heavy atom. The maximum absolute atomic E-state index is 12.9. The quantitative estimate of drug-likeness (QED) is 0.702. The van der Waals surface area contributed by atoms with Gasteiger partial charge >= 0.3 is 0 Å². The third-order valence-corrected chi connectivity index (χ3v) is 4.76. The monoisotopic (exact) mass is 384 g/mol. The van der Waals surface area contributed by atoms with Gasteiger partial charge in [0, 0.05) is 32.0 Å². The van der Waals surface area contributed by atoms with Crippen LogP contribution in [0, 0.1) is 5.82 Å². The molecule has 0 aromatic heterocycles. The number of likely N-dealkylation sites (tertiary alicyclic amines) is 1. The molecule has 1 amide bonds. The van der Waals surface area contributed by atoms with Crippen LogP contribution in [0.5, 0.6) is 5.75 Å². The second kappa shape index (κ2) is 9.46. The van der Waals surface area contributed by atoms with Crippen LogP contribution in [0.15, 0.2) is 48.5 Å². The summed E-state index contributed by atoms with van der Waals surface area (Å²) in [6, 6.07) is 13.1. The summed E-state index contributed by atoms with van der Waals surface area (Å²) in [6.07, 6.45) is 2.16. The van der Waals surface area contributed by atoms with Gasteiger partial charge in [-0.1, -0.05) is 12.1 Å². The molecule has 0 bridgehead atoms. The average Bonchev–Trinajstić information content (AvgIpc) is 3.11. The van der Waals surface area contributed by atoms with Gasteiger partial charge in [-0.15, -0.1) is 0 Å². The molecule has 0 aliphatic carbocycles. The number of hydrogen-bond acceptors (Lipinski definition) is 4. The van der Waals surface area contributed by atoms with E-state index < -0.39 is 0 Å². The Morgan fingerprint density at radius 1 is 1.18 bits per heavy atom. The van der Waals surface area contributed by atoms with E-state index >= 15 is 0 Å². The number of Topliss-reactive ketones (excluding diaryl/α,β-unsaturated/α-hetero) is 1. The number of hydrogen-bond donors (Lipinski definition) is 1. The standard InChI is InChI=1S/C22H25FN2O3/c1-16(26)24-20-5-2-3-7-22(20)28-19-12-14-25(15-19)13-4-6-21(27)17-8-10-18(23)11-9-17/h2-3,5,7-11,19H,4,6,12-15H2,1H3,(H,24,26)/t19-/m1/s1. The second-order valence-corrected chi connectivity index (χ2v) is 7.04. The summed E-state index contributed by atoms with van der Waals surface area (Å²) in [7, 11) is 0. The molecule has 0 radical (unpaired) electrons. The summed E-state index contributed by atoms with van der Waals surface area (Å²) in [5.41, 5.74) is 1.23. The molecule has 1 saturated heterocycles. The van der Waals surface area contributed by atoms with Crippen molar-refractivity contribution in [1.29, 1.82) is 0 Å². The van der Waals surface area contributed by atoms with E-state index in [-0.39, 0.29) is 23.6 Å². The molecule has 1 fully saturated rings. The third-order valence-electron chi connectivity index (χ3n) is 4.76. The van der Waals surface area contributed by atoms with Crippen molar-refractivity contribution in [3.63, 3.8) is 0 Å². The van der Waals surface area contributed by atoms with Crippen LogP contribution < -0.4 is 10.1 Å². The number of ketones is 1. The number of amides is 1. The number of halogens is 1. The number of nitrogens with one attached hydrogen (secondary N) is 1. The highest BCUT2D eigenvalue weighted by molar-refractivity contribution is 5.96. The minimum absolute atomic E-state index is 0.0382. The van der Waals surface area contributed by atoms with Gasteiger partial charge in [0.15, 0.2) is 5.78 Å². The van der Waals surface area contributed by atoms with Crippen LogP contribution in [0.25, 0.3) is 0 Å². The largest absolute Gasteiger partial charge is 0.487 e. The Labute approximate surface area is 164 Å². The van der Waals surface area contributed by atoms with E-state index in [2.05, 4.69) is 10.2 Å². The summed E-state index contributed by atoms with van der Waals surface area (Å²) in [4.78, 5) is 25.8. The van der Waals surface area contributed by atoms with E-state index in [4.69, 9.17) is 4.74 Å². The van der Waals surface area contributed by atoms with Crippen LogP contribution in [-0.2, 0) is 4.79 Å². The van der Waals surface area contributed by atoms with E-state index in [1.54, 1.807) is 0 Å². The zero-order valence-corrected chi connectivity index (χ0v) is 16.0. The summed E-state index contributed by atoms with van der Waals surface area (Å²) in [5, 5.41) is 2.79. The minimum Gasteiger partial charge on any atom is -0.487 e. The van der Waals surface area contributed by atoms with Crippen LogP contribution in [-0.4, -0.2) is 42.3 Å². The van der Waals surface area contributed by atoms with Gasteiger partial charge in [-0.25, -0.2) is 4.39 Å². The fourth-order valence-electron chi connectivity index (χ4n) is 3.38. The Balaban J connectivity index is 1.44. The smallest absolute Gasteiger partial charge is 0.221 e. The molecule has 0 spiro atoms. The molecular formula is C22H25FN2O3. The van der Waals surface area contributed by atoms with Gasteiger partial charge in [0.25, 0.3) is 0 Å². The minimum atomic E-state index is -0.334. The number of carbonyl (C=O) groups excluding carboxylic acids is 2. The summed E-state index contributed by atoms with van der Waals surface area (Å²) >= 11 is 0. The van der Waals surface area contributed by atoms with E-state index in [0.29, 0.717) is 23.4 Å². The first-order valence-electron chi connectivity index (χ1n) is 9.55. The van der Waals surface area contributed by atoms with Gasteiger partial charge in [-0.2, -0.15) is 0 Å². The van der Waals surface area contributed by atoms with Crippen molar-refractivity contribution in [2.75, 3.05) is 25.0 Å². The molecule has 1 atom stereocenters. The van der Waals surface area contributed by atoms with Crippen molar-refractivity contribution in [2.45, 2.75) is 32.3 Å². The number of carbonyl (C=O) groups is 2. The summed E-state index contributed by atoms with van der Waals surface area (Å²) in [6.45, 7) is 4.00. The van der Waals surface area contributed by atoms with Gasteiger partial charge in [-0.05, 0) is 55.8 Å². The zero-order chi connectivity index (χ0) is 19.9. The number of para-hydroxylation sites is 2. The van der Waals surface area contributed by atoms with Gasteiger partial charge < -0.3 is 10.1 Å². The lowest BCUT2D eigenvalue weighted by Gasteiger charge is -2.18. The topological polar surface area (TPSA) is 58.6 Å². The van der Waals surface area contributed by atoms with Crippen LogP contribution in [0.4, 0.5) is 10.1 Å². The number of nitrogens with zero attached hydrogens (tertiary/aromatic N) is 1. The van der Waals surface area contributed by atoms with Crippen LogP contribution in [0.1, 0.15) is 36.5 Å². The molecule has 1 heterocycles. The summed E-state index contributed by atoms with van der Waals surface area (Å²) in [5.74, 6) is 0.252. The van der Waals surface area contributed by atoms with E-state index in [9.17, 15) is 14.0 Å². The molecule has 1 aliphatic rings. The molecule has 3 rings (SSSR count). The highest BCUT2D eigenvalue weighted by Gasteiger charge is 2.24. The second-order valence-electron chi connectivity index (χ2n) is 7.04. The molecule has 2 aromatic rings. The first kappa shape index (κ1) is 20.0. The van der Waals surface area contributed by atoms with Gasteiger partial charge in [0.05, 0.1) is 5.69 Å². The maximum atomic E-state index is 12.9.